The molecule has 2 aromatic rings. The molecule has 2 N–H and O–H groups in total. The van der Waals surface area contributed by atoms with Gasteiger partial charge in [-0.2, -0.15) is 0 Å². The smallest absolute Gasteiger partial charge is 0.253 e. The first-order valence-electron chi connectivity index (χ1n) is 8.96. The van der Waals surface area contributed by atoms with Crippen LogP contribution in [0.5, 0.6) is 5.75 Å². The zero-order valence-corrected chi connectivity index (χ0v) is 15.0. The van der Waals surface area contributed by atoms with Crippen LogP contribution in [0.2, 0.25) is 0 Å². The molecule has 0 spiro atoms. The van der Waals surface area contributed by atoms with Crippen molar-refractivity contribution in [1.82, 2.24) is 10.3 Å². The Bertz CT molecular complexity index is 712. The molecular formula is C20H25N3O3. The molecule has 0 bridgehead atoms. The molecule has 26 heavy (non-hydrogen) atoms. The molecule has 6 nitrogen and oxygen atoms in total. The van der Waals surface area contributed by atoms with E-state index in [2.05, 4.69) is 15.6 Å². The number of nitrogens with zero attached hydrogens (tertiary/aromatic N) is 1. The lowest BCUT2D eigenvalue weighted by molar-refractivity contribution is 0.0857. The number of pyridine rings is 1. The number of carbonyl (C=O) groups excluding carboxylic acids is 1. The summed E-state index contributed by atoms with van der Waals surface area (Å²) >= 11 is 0. The van der Waals surface area contributed by atoms with Gasteiger partial charge in [-0.05, 0) is 43.0 Å². The SMILES string of the molecule is COc1ccc(CCNc2cncc(C(=O)NCC3CCCO3)c2)cc1. The third-order valence-corrected chi connectivity index (χ3v) is 4.42. The van der Waals surface area contributed by atoms with E-state index in [0.29, 0.717) is 12.1 Å². The van der Waals surface area contributed by atoms with Crippen molar-refractivity contribution in [3.63, 3.8) is 0 Å². The van der Waals surface area contributed by atoms with Gasteiger partial charge in [-0.25, -0.2) is 0 Å². The molecule has 1 aliphatic rings. The zero-order chi connectivity index (χ0) is 18.2. The van der Waals surface area contributed by atoms with Gasteiger partial charge < -0.3 is 20.1 Å². The summed E-state index contributed by atoms with van der Waals surface area (Å²) in [6, 6.07) is 9.83. The summed E-state index contributed by atoms with van der Waals surface area (Å²) in [6.45, 7) is 2.10. The lowest BCUT2D eigenvalue weighted by Crippen LogP contribution is -2.31. The highest BCUT2D eigenvalue weighted by molar-refractivity contribution is 5.94. The third-order valence-electron chi connectivity index (χ3n) is 4.42. The number of hydrogen-bond acceptors (Lipinski definition) is 5. The maximum absolute atomic E-state index is 12.3. The molecule has 1 saturated heterocycles. The van der Waals surface area contributed by atoms with E-state index in [1.54, 1.807) is 19.5 Å². The van der Waals surface area contributed by atoms with E-state index in [0.717, 1.165) is 43.9 Å². The molecule has 0 radical (unpaired) electrons. The van der Waals surface area contributed by atoms with Crippen LogP contribution in [0.25, 0.3) is 0 Å². The average molecular weight is 355 g/mol. The summed E-state index contributed by atoms with van der Waals surface area (Å²) in [5, 5.41) is 6.23. The van der Waals surface area contributed by atoms with Crippen LogP contribution in [0.1, 0.15) is 28.8 Å². The fourth-order valence-electron chi connectivity index (χ4n) is 2.92. The van der Waals surface area contributed by atoms with E-state index < -0.39 is 0 Å². The molecule has 0 saturated carbocycles. The Morgan fingerprint density at radius 2 is 2.15 bits per heavy atom. The highest BCUT2D eigenvalue weighted by atomic mass is 16.5. The molecule has 1 aromatic carbocycles. The Kier molecular flexibility index (Phi) is 6.44. The number of ether oxygens (including phenoxy) is 2. The van der Waals surface area contributed by atoms with Gasteiger partial charge >= 0.3 is 0 Å². The first-order valence-corrected chi connectivity index (χ1v) is 8.96. The van der Waals surface area contributed by atoms with Crippen LogP contribution in [-0.4, -0.2) is 43.8 Å². The summed E-state index contributed by atoms with van der Waals surface area (Å²) < 4.78 is 10.7. The van der Waals surface area contributed by atoms with E-state index in [-0.39, 0.29) is 12.0 Å². The van der Waals surface area contributed by atoms with Crippen LogP contribution in [0.3, 0.4) is 0 Å². The molecule has 138 valence electrons. The molecule has 0 aliphatic carbocycles. The van der Waals surface area contributed by atoms with E-state index >= 15 is 0 Å². The Balaban J connectivity index is 1.47. The molecule has 1 fully saturated rings. The highest BCUT2D eigenvalue weighted by Crippen LogP contribution is 2.14. The number of methoxy groups -OCH3 is 1. The summed E-state index contributed by atoms with van der Waals surface area (Å²) in [4.78, 5) is 16.4. The van der Waals surface area contributed by atoms with Crippen molar-refractivity contribution in [1.29, 1.82) is 0 Å². The molecule has 1 unspecified atom stereocenters. The molecule has 1 atom stereocenters. The van der Waals surface area contributed by atoms with Gasteiger partial charge in [0.05, 0.1) is 24.5 Å². The van der Waals surface area contributed by atoms with E-state index in [9.17, 15) is 4.79 Å². The summed E-state index contributed by atoms with van der Waals surface area (Å²) in [6.07, 6.45) is 6.39. The Labute approximate surface area is 153 Å². The Morgan fingerprint density at radius 1 is 1.31 bits per heavy atom. The van der Waals surface area contributed by atoms with Gasteiger partial charge in [0, 0.05) is 32.1 Å². The predicted molar refractivity (Wildman–Crippen MR) is 101 cm³/mol. The molecule has 3 rings (SSSR count). The van der Waals surface area contributed by atoms with Crippen molar-refractivity contribution >= 4 is 11.6 Å². The van der Waals surface area contributed by atoms with Crippen molar-refractivity contribution in [2.24, 2.45) is 0 Å². The predicted octanol–water partition coefficient (Wildman–Crippen LogP) is 2.65. The quantitative estimate of drug-likeness (QED) is 0.762. The summed E-state index contributed by atoms with van der Waals surface area (Å²) in [5.74, 6) is 0.736. The number of carbonyl (C=O) groups is 1. The van der Waals surface area contributed by atoms with Crippen LogP contribution >= 0.6 is 0 Å². The Hall–Kier alpha value is -2.60. The fraction of sp³-hybridized carbons (Fsp3) is 0.400. The van der Waals surface area contributed by atoms with Crippen LogP contribution < -0.4 is 15.4 Å². The average Bonchev–Trinajstić information content (AvgIpc) is 3.20. The van der Waals surface area contributed by atoms with Gasteiger partial charge in [-0.3, -0.25) is 9.78 Å². The largest absolute Gasteiger partial charge is 0.497 e. The van der Waals surface area contributed by atoms with Crippen molar-refractivity contribution in [3.8, 4) is 5.75 Å². The van der Waals surface area contributed by atoms with Crippen molar-refractivity contribution in [2.45, 2.75) is 25.4 Å². The topological polar surface area (TPSA) is 72.5 Å². The lowest BCUT2D eigenvalue weighted by Gasteiger charge is -2.11. The first-order chi connectivity index (χ1) is 12.7. The summed E-state index contributed by atoms with van der Waals surface area (Å²) in [5.41, 5.74) is 2.61. The standard InChI is InChI=1S/C20H25N3O3/c1-25-18-6-4-15(5-7-18)8-9-22-17-11-16(12-21-13-17)20(24)23-14-19-3-2-10-26-19/h4-7,11-13,19,22H,2-3,8-10,14H2,1H3,(H,23,24). The number of hydrogen-bond donors (Lipinski definition) is 2. The monoisotopic (exact) mass is 355 g/mol. The minimum Gasteiger partial charge on any atom is -0.497 e. The zero-order valence-electron chi connectivity index (χ0n) is 15.0. The molecule has 1 aliphatic heterocycles. The number of nitrogens with one attached hydrogen (secondary N) is 2. The molecule has 6 heteroatoms. The normalized spacial score (nSPS) is 16.3. The number of amides is 1. The van der Waals surface area contributed by atoms with Gasteiger partial charge in [-0.1, -0.05) is 12.1 Å². The van der Waals surface area contributed by atoms with Gasteiger partial charge in [-0.15, -0.1) is 0 Å². The van der Waals surface area contributed by atoms with Gasteiger partial charge in [0.2, 0.25) is 0 Å². The van der Waals surface area contributed by atoms with E-state index in [4.69, 9.17) is 9.47 Å². The van der Waals surface area contributed by atoms with Crippen LogP contribution in [0.4, 0.5) is 5.69 Å². The second-order valence-electron chi connectivity index (χ2n) is 6.33. The van der Waals surface area contributed by atoms with Gasteiger partial charge in [0.25, 0.3) is 5.91 Å². The second kappa shape index (κ2) is 9.20. The van der Waals surface area contributed by atoms with Crippen molar-refractivity contribution in [3.05, 3.63) is 53.9 Å². The molecule has 2 heterocycles. The van der Waals surface area contributed by atoms with Crippen LogP contribution in [0.15, 0.2) is 42.7 Å². The fourth-order valence-corrected chi connectivity index (χ4v) is 2.92. The van der Waals surface area contributed by atoms with Crippen LogP contribution in [0, 0.1) is 0 Å². The minimum atomic E-state index is -0.119. The molecule has 1 amide bonds. The highest BCUT2D eigenvalue weighted by Gasteiger charge is 2.16. The number of anilines is 1. The first kappa shape index (κ1) is 18.2. The molecule has 1 aromatic heterocycles. The van der Waals surface area contributed by atoms with E-state index in [1.807, 2.05) is 30.3 Å². The minimum absolute atomic E-state index is 0.119. The van der Waals surface area contributed by atoms with Crippen LogP contribution in [-0.2, 0) is 11.2 Å². The van der Waals surface area contributed by atoms with Crippen molar-refractivity contribution < 1.29 is 14.3 Å². The lowest BCUT2D eigenvalue weighted by atomic mass is 10.1. The maximum Gasteiger partial charge on any atom is 0.253 e. The van der Waals surface area contributed by atoms with Crippen molar-refractivity contribution in [2.75, 3.05) is 32.1 Å². The maximum atomic E-state index is 12.3. The van der Waals surface area contributed by atoms with E-state index in [1.165, 1.54) is 5.56 Å². The third kappa shape index (κ3) is 5.20. The summed E-state index contributed by atoms with van der Waals surface area (Å²) in [7, 11) is 1.66. The number of rotatable bonds is 8. The van der Waals surface area contributed by atoms with Gasteiger partial charge in [0.15, 0.2) is 0 Å². The number of benzene rings is 1. The number of aromatic nitrogens is 1. The molecular weight excluding hydrogens is 330 g/mol. The second-order valence-corrected chi connectivity index (χ2v) is 6.33. The Morgan fingerprint density at radius 3 is 2.88 bits per heavy atom. The van der Waals surface area contributed by atoms with Gasteiger partial charge in [0.1, 0.15) is 5.75 Å².